The smallest absolute Gasteiger partial charge is 0.158 e. The van der Waals surface area contributed by atoms with Gasteiger partial charge in [-0.3, -0.25) is 4.40 Å². The normalized spacial score (nSPS) is 11.3. The predicted octanol–water partition coefficient (Wildman–Crippen LogP) is 4.61. The number of thiophene rings is 1. The van der Waals surface area contributed by atoms with Crippen molar-refractivity contribution in [3.63, 3.8) is 0 Å². The van der Waals surface area contributed by atoms with Crippen molar-refractivity contribution in [2.24, 2.45) is 0 Å². The molecule has 3 aromatic heterocycles. The third-order valence-corrected chi connectivity index (χ3v) is 4.25. The van der Waals surface area contributed by atoms with Crippen molar-refractivity contribution in [3.8, 4) is 10.6 Å². The number of anilines is 1. The van der Waals surface area contributed by atoms with Gasteiger partial charge in [-0.25, -0.2) is 4.98 Å². The van der Waals surface area contributed by atoms with E-state index in [2.05, 4.69) is 4.98 Å². The highest BCUT2D eigenvalue weighted by Gasteiger charge is 2.15. The fourth-order valence-electron chi connectivity index (χ4n) is 1.71. The first kappa shape index (κ1) is 12.1. The van der Waals surface area contributed by atoms with E-state index < -0.39 is 0 Å². The van der Waals surface area contributed by atoms with Crippen LogP contribution >= 0.6 is 46.1 Å². The van der Waals surface area contributed by atoms with Crippen LogP contribution in [0.25, 0.3) is 16.2 Å². The van der Waals surface area contributed by atoms with Crippen molar-refractivity contribution in [2.45, 2.75) is 0 Å². The second-order valence-electron chi connectivity index (χ2n) is 3.67. The fourth-order valence-corrected chi connectivity index (χ4v) is 3.29. The summed E-state index contributed by atoms with van der Waals surface area (Å²) in [4.78, 5) is 5.33. The molecule has 0 saturated carbocycles. The lowest BCUT2D eigenvalue weighted by molar-refractivity contribution is 1.20. The van der Waals surface area contributed by atoms with Crippen LogP contribution in [0.1, 0.15) is 0 Å². The Labute approximate surface area is 122 Å². The fraction of sp³-hybridized carbons (Fsp3) is 0. The van der Waals surface area contributed by atoms with Gasteiger partial charge in [0.15, 0.2) is 5.65 Å². The van der Waals surface area contributed by atoms with E-state index in [1.165, 1.54) is 11.3 Å². The highest BCUT2D eigenvalue weighted by molar-refractivity contribution is 7.14. The summed E-state index contributed by atoms with van der Waals surface area (Å²) >= 11 is 19.4. The number of rotatable bonds is 1. The van der Waals surface area contributed by atoms with Gasteiger partial charge in [-0.2, -0.15) is 0 Å². The lowest BCUT2D eigenvalue weighted by atomic mass is 10.3. The van der Waals surface area contributed by atoms with Gasteiger partial charge < -0.3 is 5.73 Å². The molecule has 0 spiro atoms. The number of nitrogens with zero attached hydrogens (tertiary/aromatic N) is 2. The molecular weight excluding hydrogens is 313 g/mol. The summed E-state index contributed by atoms with van der Waals surface area (Å²) in [5, 5.41) is 3.46. The van der Waals surface area contributed by atoms with Crippen LogP contribution in [0.5, 0.6) is 0 Å². The summed E-state index contributed by atoms with van der Waals surface area (Å²) in [6.45, 7) is 0. The maximum atomic E-state index is 6.09. The second-order valence-corrected chi connectivity index (χ2v) is 5.87. The molecule has 0 radical (unpaired) electrons. The van der Waals surface area contributed by atoms with Gasteiger partial charge in [0.2, 0.25) is 0 Å². The van der Waals surface area contributed by atoms with Crippen molar-refractivity contribution in [3.05, 3.63) is 38.8 Å². The summed E-state index contributed by atoms with van der Waals surface area (Å²) < 4.78 is 1.67. The minimum absolute atomic E-state index is 0.461. The Morgan fingerprint density at radius 1 is 1.17 bits per heavy atom. The zero-order valence-electron chi connectivity index (χ0n) is 8.82. The molecule has 0 aromatic carbocycles. The Morgan fingerprint density at radius 2 is 1.94 bits per heavy atom. The summed E-state index contributed by atoms with van der Waals surface area (Å²) in [6.07, 6.45) is 1.68. The minimum Gasteiger partial charge on any atom is -0.383 e. The van der Waals surface area contributed by atoms with Crippen LogP contribution in [-0.2, 0) is 0 Å². The molecule has 0 atom stereocenters. The molecule has 7 heteroatoms. The summed E-state index contributed by atoms with van der Waals surface area (Å²) in [7, 11) is 0. The topological polar surface area (TPSA) is 43.3 Å². The van der Waals surface area contributed by atoms with E-state index >= 15 is 0 Å². The van der Waals surface area contributed by atoms with E-state index in [4.69, 9.17) is 40.5 Å². The average Bonchev–Trinajstić information content (AvgIpc) is 2.85. The number of fused-ring (bicyclic) bond motifs is 1. The highest BCUT2D eigenvalue weighted by Crippen LogP contribution is 2.35. The van der Waals surface area contributed by atoms with Crippen molar-refractivity contribution in [1.29, 1.82) is 0 Å². The van der Waals surface area contributed by atoms with Gasteiger partial charge in [-0.05, 0) is 12.1 Å². The molecule has 2 N–H and O–H groups in total. The van der Waals surface area contributed by atoms with Gasteiger partial charge >= 0.3 is 0 Å². The lowest BCUT2D eigenvalue weighted by Gasteiger charge is -1.99. The van der Waals surface area contributed by atoms with Crippen molar-refractivity contribution < 1.29 is 0 Å². The summed E-state index contributed by atoms with van der Waals surface area (Å²) in [6, 6.07) is 3.45. The number of halogens is 3. The third kappa shape index (κ3) is 1.86. The first-order valence-corrected chi connectivity index (χ1v) is 6.94. The molecule has 0 amide bonds. The number of aromatic nitrogens is 2. The van der Waals surface area contributed by atoms with Crippen molar-refractivity contribution in [1.82, 2.24) is 9.38 Å². The number of nitrogen functional groups attached to an aromatic ring is 1. The minimum atomic E-state index is 0.461. The largest absolute Gasteiger partial charge is 0.383 e. The van der Waals surface area contributed by atoms with E-state index in [1.54, 1.807) is 16.7 Å². The molecule has 0 aliphatic rings. The number of pyridine rings is 1. The van der Waals surface area contributed by atoms with E-state index in [1.807, 2.05) is 11.4 Å². The van der Waals surface area contributed by atoms with Crippen LogP contribution in [0.15, 0.2) is 23.7 Å². The second kappa shape index (κ2) is 4.31. The quantitative estimate of drug-likeness (QED) is 0.712. The Morgan fingerprint density at radius 3 is 2.61 bits per heavy atom. The Hall–Kier alpha value is -0.940. The van der Waals surface area contributed by atoms with E-state index in [9.17, 15) is 0 Å². The zero-order valence-corrected chi connectivity index (χ0v) is 11.9. The van der Waals surface area contributed by atoms with Gasteiger partial charge in [-0.1, -0.05) is 34.8 Å². The first-order valence-electron chi connectivity index (χ1n) is 4.93. The monoisotopic (exact) mass is 317 g/mol. The number of hydrogen-bond acceptors (Lipinski definition) is 3. The molecule has 0 aliphatic heterocycles. The first-order chi connectivity index (χ1) is 8.56. The zero-order chi connectivity index (χ0) is 12.9. The molecule has 0 fully saturated rings. The number of hydrogen-bond donors (Lipinski definition) is 1. The van der Waals surface area contributed by atoms with E-state index in [-0.39, 0.29) is 0 Å². The van der Waals surface area contributed by atoms with Crippen LogP contribution in [0.3, 0.4) is 0 Å². The molecule has 3 heterocycles. The third-order valence-electron chi connectivity index (χ3n) is 2.48. The molecule has 18 heavy (non-hydrogen) atoms. The van der Waals surface area contributed by atoms with E-state index in [0.29, 0.717) is 32.2 Å². The molecule has 3 aromatic rings. The number of imidazole rings is 1. The number of nitrogens with two attached hydrogens (primary N) is 1. The Kier molecular flexibility index (Phi) is 2.90. The van der Waals surface area contributed by atoms with Gasteiger partial charge in [0, 0.05) is 11.6 Å². The molecule has 0 bridgehead atoms. The average molecular weight is 319 g/mol. The predicted molar refractivity (Wildman–Crippen MR) is 77.9 cm³/mol. The summed E-state index contributed by atoms with van der Waals surface area (Å²) in [5.74, 6) is 0.493. The summed E-state index contributed by atoms with van der Waals surface area (Å²) in [5.41, 5.74) is 7.31. The molecule has 0 aliphatic carbocycles. The Balaban J connectivity index is 2.32. The SMILES string of the molecule is Nc1c(-c2cc(Cl)cs2)nc2c(Cl)cc(Cl)cn12. The molecule has 92 valence electrons. The molecule has 3 nitrogen and oxygen atoms in total. The van der Waals surface area contributed by atoms with Crippen LogP contribution in [0.2, 0.25) is 15.1 Å². The standard InChI is InChI=1S/C11H6Cl3N3S/c12-5-1-7(14)11-16-9(10(15)17(11)3-5)8-2-6(13)4-18-8/h1-4H,15H2. The van der Waals surface area contributed by atoms with Crippen molar-refractivity contribution in [2.75, 3.05) is 5.73 Å². The Bertz CT molecular complexity index is 747. The maximum Gasteiger partial charge on any atom is 0.158 e. The molecule has 3 rings (SSSR count). The van der Waals surface area contributed by atoms with Crippen molar-refractivity contribution >= 4 is 57.6 Å². The highest BCUT2D eigenvalue weighted by atomic mass is 35.5. The molecule has 0 unspecified atom stereocenters. The van der Waals surface area contributed by atoms with Crippen LogP contribution in [0, 0.1) is 0 Å². The lowest BCUT2D eigenvalue weighted by Crippen LogP contribution is -1.93. The molecule has 0 saturated heterocycles. The van der Waals surface area contributed by atoms with E-state index in [0.717, 1.165) is 4.88 Å². The van der Waals surface area contributed by atoms with Crippen LogP contribution < -0.4 is 5.73 Å². The van der Waals surface area contributed by atoms with Crippen LogP contribution in [0.4, 0.5) is 5.82 Å². The van der Waals surface area contributed by atoms with Gasteiger partial charge in [-0.15, -0.1) is 11.3 Å². The van der Waals surface area contributed by atoms with Crippen LogP contribution in [-0.4, -0.2) is 9.38 Å². The maximum absolute atomic E-state index is 6.09. The van der Waals surface area contributed by atoms with Gasteiger partial charge in [0.05, 0.1) is 19.9 Å². The van der Waals surface area contributed by atoms with Gasteiger partial charge in [0.1, 0.15) is 11.5 Å². The van der Waals surface area contributed by atoms with Gasteiger partial charge in [0.25, 0.3) is 0 Å². The molecular formula is C11H6Cl3N3S.